The fourth-order valence-corrected chi connectivity index (χ4v) is 2.45. The Kier molecular flexibility index (Phi) is 11.6. The molecule has 0 atom stereocenters. The average Bonchev–Trinajstić information content (AvgIpc) is 2.66. The van der Waals surface area contributed by atoms with Crippen LogP contribution in [0.15, 0.2) is 53.7 Å². The van der Waals surface area contributed by atoms with Crippen LogP contribution in [0.4, 0.5) is 0 Å². The molecule has 6 heteroatoms. The number of hydrogen-bond acceptors (Lipinski definition) is 3. The Labute approximate surface area is 173 Å². The second kappa shape index (κ2) is 13.5. The third kappa shape index (κ3) is 8.14. The molecule has 26 heavy (non-hydrogen) atoms. The smallest absolute Gasteiger partial charge is 0.191 e. The summed E-state index contributed by atoms with van der Waals surface area (Å²) in [5, 5.41) is 6.69. The number of hydrogen-bond donors (Lipinski definition) is 2. The second-order valence-corrected chi connectivity index (χ2v) is 5.74. The summed E-state index contributed by atoms with van der Waals surface area (Å²) in [7, 11) is 1.78. The second-order valence-electron chi connectivity index (χ2n) is 5.74. The molecule has 0 saturated heterocycles. The maximum Gasteiger partial charge on any atom is 0.191 e. The summed E-state index contributed by atoms with van der Waals surface area (Å²) < 4.78 is 5.68. The van der Waals surface area contributed by atoms with Crippen molar-refractivity contribution in [1.29, 1.82) is 0 Å². The van der Waals surface area contributed by atoms with Gasteiger partial charge in [0.15, 0.2) is 5.96 Å². The summed E-state index contributed by atoms with van der Waals surface area (Å²) in [5.41, 5.74) is 3.52. The Hall–Kier alpha value is -1.67. The van der Waals surface area contributed by atoms with Crippen LogP contribution in [0.25, 0.3) is 0 Å². The van der Waals surface area contributed by atoms with Gasteiger partial charge >= 0.3 is 0 Å². The number of guanidine groups is 1. The first-order valence-corrected chi connectivity index (χ1v) is 8.82. The van der Waals surface area contributed by atoms with E-state index >= 15 is 0 Å². The van der Waals surface area contributed by atoms with E-state index in [1.54, 1.807) is 7.05 Å². The first-order chi connectivity index (χ1) is 12.3. The lowest BCUT2D eigenvalue weighted by atomic mass is 10.1. The number of benzene rings is 1. The number of rotatable bonds is 9. The SMILES string of the molecule is CCCOCc1ccccc1CNC(=NC)NCCc1ccccn1.I. The van der Waals surface area contributed by atoms with E-state index in [-0.39, 0.29) is 24.0 Å². The molecule has 0 saturated carbocycles. The van der Waals surface area contributed by atoms with E-state index in [0.717, 1.165) is 44.2 Å². The predicted molar refractivity (Wildman–Crippen MR) is 118 cm³/mol. The van der Waals surface area contributed by atoms with E-state index < -0.39 is 0 Å². The standard InChI is InChI=1S/C20H28N4O.HI/c1-3-14-25-16-18-9-5-4-8-17(18)15-24-20(21-2)23-13-11-19-10-6-7-12-22-19;/h4-10,12H,3,11,13-16H2,1-2H3,(H2,21,23,24);1H. The largest absolute Gasteiger partial charge is 0.377 e. The van der Waals surface area contributed by atoms with Crippen molar-refractivity contribution in [2.24, 2.45) is 4.99 Å². The van der Waals surface area contributed by atoms with E-state index in [1.165, 1.54) is 11.1 Å². The minimum atomic E-state index is 0. The fraction of sp³-hybridized carbons (Fsp3) is 0.400. The zero-order valence-electron chi connectivity index (χ0n) is 15.6. The maximum atomic E-state index is 5.68. The normalized spacial score (nSPS) is 10.9. The Morgan fingerprint density at radius 1 is 1.08 bits per heavy atom. The molecule has 0 aliphatic heterocycles. The monoisotopic (exact) mass is 468 g/mol. The molecule has 0 radical (unpaired) electrons. The lowest BCUT2D eigenvalue weighted by Crippen LogP contribution is -2.38. The molecule has 1 aromatic heterocycles. The molecular formula is C20H29IN4O. The Bertz CT molecular complexity index is 649. The summed E-state index contributed by atoms with van der Waals surface area (Å²) in [5.74, 6) is 0.792. The van der Waals surface area contributed by atoms with Crippen LogP contribution in [0.5, 0.6) is 0 Å². The van der Waals surface area contributed by atoms with Gasteiger partial charge in [0, 0.05) is 45.1 Å². The van der Waals surface area contributed by atoms with Crippen LogP contribution in [0.3, 0.4) is 0 Å². The average molecular weight is 468 g/mol. The van der Waals surface area contributed by atoms with E-state index in [4.69, 9.17) is 4.74 Å². The topological polar surface area (TPSA) is 58.5 Å². The van der Waals surface area contributed by atoms with Gasteiger partial charge in [0.25, 0.3) is 0 Å². The fourth-order valence-electron chi connectivity index (χ4n) is 2.45. The number of ether oxygens (including phenoxy) is 1. The van der Waals surface area contributed by atoms with E-state index in [1.807, 2.05) is 30.5 Å². The number of aromatic nitrogens is 1. The third-order valence-electron chi connectivity index (χ3n) is 3.79. The zero-order valence-corrected chi connectivity index (χ0v) is 17.9. The predicted octanol–water partition coefficient (Wildman–Crippen LogP) is 3.53. The van der Waals surface area contributed by atoms with Gasteiger partial charge in [-0.25, -0.2) is 0 Å². The quantitative estimate of drug-likeness (QED) is 0.256. The Morgan fingerprint density at radius 2 is 1.85 bits per heavy atom. The highest BCUT2D eigenvalue weighted by Gasteiger charge is 2.04. The molecule has 0 spiro atoms. The molecule has 1 aromatic carbocycles. The third-order valence-corrected chi connectivity index (χ3v) is 3.79. The Balaban J connectivity index is 0.00000338. The van der Waals surface area contributed by atoms with E-state index in [0.29, 0.717) is 6.61 Å². The molecule has 2 aromatic rings. The van der Waals surface area contributed by atoms with Gasteiger partial charge in [0.05, 0.1) is 6.61 Å². The minimum Gasteiger partial charge on any atom is -0.377 e. The molecule has 2 rings (SSSR count). The lowest BCUT2D eigenvalue weighted by molar-refractivity contribution is 0.121. The molecule has 1 heterocycles. The van der Waals surface area contributed by atoms with Crippen molar-refractivity contribution in [3.8, 4) is 0 Å². The summed E-state index contributed by atoms with van der Waals surface area (Å²) in [6, 6.07) is 14.3. The zero-order chi connectivity index (χ0) is 17.7. The summed E-state index contributed by atoms with van der Waals surface area (Å²) >= 11 is 0. The van der Waals surface area contributed by atoms with Crippen molar-refractivity contribution in [2.75, 3.05) is 20.2 Å². The van der Waals surface area contributed by atoms with Crippen molar-refractivity contribution in [1.82, 2.24) is 15.6 Å². The Morgan fingerprint density at radius 3 is 2.54 bits per heavy atom. The van der Waals surface area contributed by atoms with Gasteiger partial charge in [-0.2, -0.15) is 0 Å². The maximum absolute atomic E-state index is 5.68. The van der Waals surface area contributed by atoms with Gasteiger partial charge in [-0.15, -0.1) is 24.0 Å². The molecule has 0 aliphatic carbocycles. The molecule has 0 bridgehead atoms. The molecule has 0 amide bonds. The first-order valence-electron chi connectivity index (χ1n) is 8.82. The highest BCUT2D eigenvalue weighted by molar-refractivity contribution is 14.0. The van der Waals surface area contributed by atoms with Gasteiger partial charge in [-0.1, -0.05) is 37.3 Å². The number of nitrogens with one attached hydrogen (secondary N) is 2. The molecule has 0 aliphatic rings. The van der Waals surface area contributed by atoms with E-state index in [9.17, 15) is 0 Å². The van der Waals surface area contributed by atoms with Crippen molar-refractivity contribution in [3.05, 3.63) is 65.5 Å². The van der Waals surface area contributed by atoms with Crippen LogP contribution in [-0.2, 0) is 24.3 Å². The van der Waals surface area contributed by atoms with Gasteiger partial charge in [-0.3, -0.25) is 9.98 Å². The number of pyridine rings is 1. The van der Waals surface area contributed by atoms with Gasteiger partial charge in [0.2, 0.25) is 0 Å². The minimum absolute atomic E-state index is 0. The van der Waals surface area contributed by atoms with Crippen molar-refractivity contribution in [2.45, 2.75) is 32.9 Å². The summed E-state index contributed by atoms with van der Waals surface area (Å²) in [4.78, 5) is 8.61. The highest BCUT2D eigenvalue weighted by atomic mass is 127. The van der Waals surface area contributed by atoms with Crippen LogP contribution >= 0.6 is 24.0 Å². The van der Waals surface area contributed by atoms with Crippen LogP contribution < -0.4 is 10.6 Å². The molecule has 142 valence electrons. The summed E-state index contributed by atoms with van der Waals surface area (Å²) in [6.07, 6.45) is 3.72. The van der Waals surface area contributed by atoms with Crippen LogP contribution in [0.1, 0.15) is 30.2 Å². The number of halogens is 1. The van der Waals surface area contributed by atoms with E-state index in [2.05, 4.69) is 45.7 Å². The van der Waals surface area contributed by atoms with Crippen molar-refractivity contribution >= 4 is 29.9 Å². The lowest BCUT2D eigenvalue weighted by Gasteiger charge is -2.14. The number of nitrogens with zero attached hydrogens (tertiary/aromatic N) is 2. The van der Waals surface area contributed by atoms with Gasteiger partial charge in [-0.05, 0) is 29.7 Å². The van der Waals surface area contributed by atoms with Gasteiger partial charge in [0.1, 0.15) is 0 Å². The molecule has 0 unspecified atom stereocenters. The molecule has 0 fully saturated rings. The van der Waals surface area contributed by atoms with Crippen molar-refractivity contribution in [3.63, 3.8) is 0 Å². The highest BCUT2D eigenvalue weighted by Crippen LogP contribution is 2.10. The van der Waals surface area contributed by atoms with Crippen molar-refractivity contribution < 1.29 is 4.74 Å². The molecular weight excluding hydrogens is 439 g/mol. The summed E-state index contributed by atoms with van der Waals surface area (Å²) in [6.45, 7) is 5.07. The van der Waals surface area contributed by atoms with Crippen LogP contribution in [0.2, 0.25) is 0 Å². The number of aliphatic imine (C=N–C) groups is 1. The first kappa shape index (κ1) is 22.4. The van der Waals surface area contributed by atoms with Gasteiger partial charge < -0.3 is 15.4 Å². The molecule has 2 N–H and O–H groups in total. The molecule has 5 nitrogen and oxygen atoms in total. The van der Waals surface area contributed by atoms with Crippen LogP contribution in [-0.4, -0.2) is 31.1 Å². The van der Waals surface area contributed by atoms with Crippen LogP contribution in [0, 0.1) is 0 Å².